The monoisotopic (exact) mass is 352 g/mol. The van der Waals surface area contributed by atoms with Crippen molar-refractivity contribution in [2.45, 2.75) is 12.8 Å². The van der Waals surface area contributed by atoms with E-state index >= 15 is 0 Å². The van der Waals surface area contributed by atoms with E-state index in [1.807, 2.05) is 0 Å². The molecular weight excluding hydrogens is 335 g/mol. The minimum atomic E-state index is -1.63. The third-order valence-corrected chi connectivity index (χ3v) is 0.827. The second-order valence-electron chi connectivity index (χ2n) is 2.55. The molecule has 21 heavy (non-hydrogen) atoms. The van der Waals surface area contributed by atoms with E-state index in [9.17, 15) is 39.6 Å². The van der Waals surface area contributed by atoms with Gasteiger partial charge in [0.15, 0.2) is 0 Å². The van der Waals surface area contributed by atoms with Crippen LogP contribution in [0.4, 0.5) is 0 Å². The van der Waals surface area contributed by atoms with E-state index in [1.54, 1.807) is 0 Å². The van der Waals surface area contributed by atoms with E-state index in [0.29, 0.717) is 0 Å². The van der Waals surface area contributed by atoms with Gasteiger partial charge in [0.05, 0.1) is 0 Å². The van der Waals surface area contributed by atoms with Crippen molar-refractivity contribution < 1.29 is 80.6 Å². The van der Waals surface area contributed by atoms with Crippen LogP contribution in [0.3, 0.4) is 0 Å². The van der Waals surface area contributed by atoms with Gasteiger partial charge in [0, 0.05) is 36.7 Å². The third kappa shape index (κ3) is 91.2. The molecule has 0 spiro atoms. The zero-order valence-corrected chi connectivity index (χ0v) is 12.3. The van der Waals surface area contributed by atoms with Gasteiger partial charge in [-0.3, -0.25) is 0 Å². The second-order valence-corrected chi connectivity index (χ2v) is 2.55. The Hall–Kier alpha value is -1.70. The normalized spacial score (nSPS) is 6.76. The molecule has 13 heteroatoms. The van der Waals surface area contributed by atoms with Gasteiger partial charge in [-0.1, -0.05) is 0 Å². The van der Waals surface area contributed by atoms with E-state index in [2.05, 4.69) is 11.5 Å². The molecule has 0 aliphatic rings. The maximum atomic E-state index is 9.28. The molecule has 0 unspecified atom stereocenters. The van der Waals surface area contributed by atoms with Crippen LogP contribution in [0, 0.1) is 0 Å². The number of rotatable bonds is 5. The van der Waals surface area contributed by atoms with Gasteiger partial charge in [-0.2, -0.15) is 0 Å². The van der Waals surface area contributed by atoms with Crippen molar-refractivity contribution in [2.75, 3.05) is 13.1 Å². The van der Waals surface area contributed by atoms with Gasteiger partial charge >= 0.3 is 18.6 Å². The summed E-state index contributed by atoms with van der Waals surface area (Å²) in [6.07, 6.45) is -2.06. The predicted octanol–water partition coefficient (Wildman–Crippen LogP) is -9.82. The average Bonchev–Trinajstić information content (AvgIpc) is 2.14. The maximum absolute atomic E-state index is 9.28. The van der Waals surface area contributed by atoms with Crippen LogP contribution in [0.2, 0.25) is 0 Å². The molecule has 0 saturated heterocycles. The first kappa shape index (κ1) is 36.5. The summed E-state index contributed by atoms with van der Waals surface area (Å²) in [6, 6.07) is 0. The number of hydrogen-bond acceptors (Lipinski definition) is 8. The summed E-state index contributed by atoms with van der Waals surface area (Å²) in [7, 11) is 0. The fraction of sp³-hybridized carbons (Fsp3) is 0.500. The molecule has 0 aromatic heterocycles. The summed E-state index contributed by atoms with van der Waals surface area (Å²) in [5.74, 6) is -6.50. The smallest absolute Gasteiger partial charge is 2.00 e. The molecule has 0 aliphatic carbocycles. The molecule has 0 bridgehead atoms. The molecule has 0 aromatic rings. The summed E-state index contributed by atoms with van der Waals surface area (Å²) < 4.78 is 0. The van der Waals surface area contributed by atoms with Crippen molar-refractivity contribution in [1.29, 1.82) is 0 Å². The minimum Gasteiger partial charge on any atom is -2.00 e. The molecule has 0 saturated carbocycles. The van der Waals surface area contributed by atoms with Gasteiger partial charge in [-0.25, -0.2) is 0 Å². The van der Waals surface area contributed by atoms with Gasteiger partial charge in [-0.15, -0.1) is 0 Å². The van der Waals surface area contributed by atoms with Gasteiger partial charge < -0.3 is 62.0 Å². The Kier molecular flexibility index (Phi) is 46.6. The van der Waals surface area contributed by atoms with Crippen molar-refractivity contribution in [2.24, 2.45) is 0 Å². The molecular formula is C8H17N2O10V+. The zero-order chi connectivity index (χ0) is 15.1. The summed E-state index contributed by atoms with van der Waals surface area (Å²) in [4.78, 5) is 37.1. The Morgan fingerprint density at radius 1 is 0.667 bits per heavy atom. The molecule has 0 heterocycles. The van der Waals surface area contributed by atoms with Crippen LogP contribution in [0.5, 0.6) is 0 Å². The zero-order valence-electron chi connectivity index (χ0n) is 10.9. The summed E-state index contributed by atoms with van der Waals surface area (Å²) in [5.41, 5.74) is 7.08. The third-order valence-electron chi connectivity index (χ3n) is 0.827. The van der Waals surface area contributed by atoms with Crippen LogP contribution in [-0.2, 0) is 48.7 Å². The standard InChI is InChI=1S/2C3H4O4.C2H8N2.H2O.O.V/c2*4-2(5)1-3(6)7;3-1-2-4;;;/h2*1H2,(H,4,5)(H,6,7);1-4H2;1H2;;/q;;;;-2;+4/p-1. The molecule has 0 atom stereocenters. The first-order chi connectivity index (χ1) is 8.17. The molecule has 0 fully saturated rings. The summed E-state index contributed by atoms with van der Waals surface area (Å²) in [5, 5.41) is 37.1. The largest absolute Gasteiger partial charge is 4.00 e. The van der Waals surface area contributed by atoms with Crippen LogP contribution >= 0.6 is 0 Å². The molecule has 0 amide bonds. The Morgan fingerprint density at radius 3 is 0.810 bits per heavy atom. The van der Waals surface area contributed by atoms with Crippen LogP contribution in [0.1, 0.15) is 12.8 Å². The fourth-order valence-corrected chi connectivity index (χ4v) is 0.236. The van der Waals surface area contributed by atoms with Crippen molar-refractivity contribution in [3.05, 3.63) is 0 Å². The Bertz CT molecular complexity index is 234. The van der Waals surface area contributed by atoms with E-state index in [1.165, 1.54) is 0 Å². The van der Waals surface area contributed by atoms with Gasteiger partial charge in [0.2, 0.25) is 0 Å². The number of quaternary nitrogens is 2. The van der Waals surface area contributed by atoms with Gasteiger partial charge in [-0.05, 0) is 0 Å². The molecule has 0 aliphatic heterocycles. The summed E-state index contributed by atoms with van der Waals surface area (Å²) >= 11 is 0. The van der Waals surface area contributed by atoms with Crippen LogP contribution in [0.15, 0.2) is 0 Å². The van der Waals surface area contributed by atoms with Crippen LogP contribution < -0.4 is 31.9 Å². The van der Waals surface area contributed by atoms with E-state index in [0.717, 1.165) is 13.1 Å². The first-order valence-electron chi connectivity index (χ1n) is 4.55. The van der Waals surface area contributed by atoms with Crippen LogP contribution in [-0.4, -0.2) is 37.0 Å². The molecule has 9 N–H and O–H groups in total. The minimum absolute atomic E-state index is 0. The number of hydrogen-bond donors (Lipinski definition) is 2. The Labute approximate surface area is 131 Å². The molecule has 12 nitrogen and oxygen atoms in total. The number of aliphatic carboxylic acids is 4. The number of carboxylic acids is 4. The number of carbonyl (C=O) groups is 4. The number of carboxylic acid groups (broad SMARTS) is 4. The first-order valence-corrected chi connectivity index (χ1v) is 4.55. The Morgan fingerprint density at radius 2 is 0.810 bits per heavy atom. The van der Waals surface area contributed by atoms with Crippen molar-refractivity contribution >= 4 is 23.9 Å². The molecule has 0 rings (SSSR count). The van der Waals surface area contributed by atoms with Crippen LogP contribution in [0.25, 0.3) is 0 Å². The predicted molar refractivity (Wildman–Crippen MR) is 50.3 cm³/mol. The average molecular weight is 352 g/mol. The Balaban J connectivity index is -0.0000000388. The van der Waals surface area contributed by atoms with Crippen molar-refractivity contribution in [1.82, 2.24) is 0 Å². The second kappa shape index (κ2) is 26.8. The summed E-state index contributed by atoms with van der Waals surface area (Å²) in [6.45, 7) is 1.92. The maximum Gasteiger partial charge on any atom is 4.00 e. The molecule has 1 radical (unpaired) electrons. The van der Waals surface area contributed by atoms with E-state index in [4.69, 9.17) is 0 Å². The topological polar surface area (TPSA) is 277 Å². The van der Waals surface area contributed by atoms with E-state index < -0.39 is 36.7 Å². The number of carbonyl (C=O) groups excluding carboxylic acids is 4. The van der Waals surface area contributed by atoms with Crippen molar-refractivity contribution in [3.8, 4) is 0 Å². The molecule has 123 valence electrons. The van der Waals surface area contributed by atoms with Gasteiger partial charge in [0.25, 0.3) is 0 Å². The van der Waals surface area contributed by atoms with Gasteiger partial charge in [0.1, 0.15) is 13.1 Å². The SMILES string of the molecule is O=C([O-])CC(=O)[O-].O=C([O-])CC(=O)[O-].[NH3+]CC[NH3+].[O-2].[OH3+].[V+4]. The quantitative estimate of drug-likeness (QED) is 0.352. The fourth-order valence-electron chi connectivity index (χ4n) is 0.236. The van der Waals surface area contributed by atoms with Crippen molar-refractivity contribution in [3.63, 3.8) is 0 Å². The molecule has 0 aromatic carbocycles. The van der Waals surface area contributed by atoms with E-state index in [-0.39, 0.29) is 29.5 Å².